The first-order valence-corrected chi connectivity index (χ1v) is 10.2. The highest BCUT2D eigenvalue weighted by molar-refractivity contribution is 7.96. The number of rotatable bonds is 5. The Kier molecular flexibility index (Phi) is 7.47. The highest BCUT2D eigenvalue weighted by atomic mass is 35.5. The summed E-state index contributed by atoms with van der Waals surface area (Å²) in [6, 6.07) is 8.52. The number of halogens is 1. The van der Waals surface area contributed by atoms with Gasteiger partial charge in [-0.15, -0.1) is 0 Å². The van der Waals surface area contributed by atoms with Gasteiger partial charge in [0.25, 0.3) is 0 Å². The van der Waals surface area contributed by atoms with Crippen LogP contribution < -0.4 is 0 Å². The van der Waals surface area contributed by atoms with Crippen molar-refractivity contribution in [2.45, 2.75) is 57.9 Å². The molecule has 1 aromatic carbocycles. The van der Waals surface area contributed by atoms with Crippen LogP contribution in [0.5, 0.6) is 0 Å². The minimum Gasteiger partial charge on any atom is -0.444 e. The third kappa shape index (κ3) is 6.72. The molecule has 2 rings (SSSR count). The van der Waals surface area contributed by atoms with Crippen molar-refractivity contribution in [1.29, 1.82) is 0 Å². The van der Waals surface area contributed by atoms with E-state index in [1.807, 2.05) is 55.8 Å². The standard InChI is InChI=1S/C19H29ClN2O2S/c1-5-22(25-14-15-7-6-8-16(20)13-15)17-9-11-21(12-10-17)18(23)24-19(2,3)4/h6-8,13,17H,5,9-12,14H2,1-4H3. The van der Waals surface area contributed by atoms with Gasteiger partial charge in [-0.1, -0.05) is 42.6 Å². The zero-order valence-electron chi connectivity index (χ0n) is 15.6. The molecule has 1 aliphatic heterocycles. The molecule has 0 N–H and O–H groups in total. The Morgan fingerprint density at radius 1 is 1.36 bits per heavy atom. The molecule has 0 unspecified atom stereocenters. The molecular weight excluding hydrogens is 356 g/mol. The molecular formula is C19H29ClN2O2S. The van der Waals surface area contributed by atoms with Gasteiger partial charge < -0.3 is 9.64 Å². The van der Waals surface area contributed by atoms with Crippen molar-refractivity contribution in [3.8, 4) is 0 Å². The summed E-state index contributed by atoms with van der Waals surface area (Å²) in [5.41, 5.74) is 0.804. The van der Waals surface area contributed by atoms with Gasteiger partial charge in [0.2, 0.25) is 0 Å². The first-order valence-electron chi connectivity index (χ1n) is 8.90. The largest absolute Gasteiger partial charge is 0.444 e. The van der Waals surface area contributed by atoms with Gasteiger partial charge in [0.1, 0.15) is 5.60 Å². The number of carbonyl (C=O) groups is 1. The molecule has 0 atom stereocenters. The molecule has 25 heavy (non-hydrogen) atoms. The second-order valence-electron chi connectivity index (χ2n) is 7.34. The van der Waals surface area contributed by atoms with Crippen LogP contribution in [0.15, 0.2) is 24.3 Å². The minimum absolute atomic E-state index is 0.194. The second-order valence-corrected chi connectivity index (χ2v) is 8.79. The SMILES string of the molecule is CCN(SCc1cccc(Cl)c1)C1CCN(C(=O)OC(C)(C)C)CC1. The Balaban J connectivity index is 1.82. The molecule has 1 saturated heterocycles. The highest BCUT2D eigenvalue weighted by Crippen LogP contribution is 2.27. The minimum atomic E-state index is -0.434. The van der Waals surface area contributed by atoms with E-state index in [4.69, 9.17) is 16.3 Å². The molecule has 1 fully saturated rings. The van der Waals surface area contributed by atoms with E-state index in [1.165, 1.54) is 5.56 Å². The maximum Gasteiger partial charge on any atom is 0.410 e. The maximum atomic E-state index is 12.2. The molecule has 4 nitrogen and oxygen atoms in total. The quantitative estimate of drug-likeness (QED) is 0.652. The number of hydrogen-bond donors (Lipinski definition) is 0. The zero-order chi connectivity index (χ0) is 18.4. The van der Waals surface area contributed by atoms with Crippen LogP contribution in [0.1, 0.15) is 46.1 Å². The predicted octanol–water partition coefficient (Wildman–Crippen LogP) is 5.21. The molecule has 140 valence electrons. The topological polar surface area (TPSA) is 32.8 Å². The second kappa shape index (κ2) is 9.15. The van der Waals surface area contributed by atoms with Gasteiger partial charge >= 0.3 is 6.09 Å². The average molecular weight is 385 g/mol. The summed E-state index contributed by atoms with van der Waals surface area (Å²) in [6.45, 7) is 10.4. The van der Waals surface area contributed by atoms with Gasteiger partial charge in [0.15, 0.2) is 0 Å². The summed E-state index contributed by atoms with van der Waals surface area (Å²) >= 11 is 7.91. The average Bonchev–Trinajstić information content (AvgIpc) is 2.54. The van der Waals surface area contributed by atoms with Crippen molar-refractivity contribution in [1.82, 2.24) is 9.21 Å². The van der Waals surface area contributed by atoms with Crippen LogP contribution >= 0.6 is 23.5 Å². The van der Waals surface area contributed by atoms with Crippen LogP contribution in [0.2, 0.25) is 5.02 Å². The van der Waals surface area contributed by atoms with Crippen molar-refractivity contribution in [2.75, 3.05) is 19.6 Å². The Hall–Kier alpha value is -0.910. The summed E-state index contributed by atoms with van der Waals surface area (Å²) in [5.74, 6) is 0.917. The smallest absolute Gasteiger partial charge is 0.410 e. The molecule has 1 heterocycles. The van der Waals surface area contributed by atoms with E-state index in [1.54, 1.807) is 0 Å². The molecule has 1 amide bonds. The predicted molar refractivity (Wildman–Crippen MR) is 106 cm³/mol. The summed E-state index contributed by atoms with van der Waals surface area (Å²) in [7, 11) is 0. The van der Waals surface area contributed by atoms with E-state index in [-0.39, 0.29) is 6.09 Å². The van der Waals surface area contributed by atoms with Crippen molar-refractivity contribution in [3.63, 3.8) is 0 Å². The van der Waals surface area contributed by atoms with Crippen molar-refractivity contribution in [2.24, 2.45) is 0 Å². The fourth-order valence-electron chi connectivity index (χ4n) is 2.90. The van der Waals surface area contributed by atoms with E-state index < -0.39 is 5.60 Å². The van der Waals surface area contributed by atoms with Gasteiger partial charge in [-0.25, -0.2) is 9.10 Å². The molecule has 0 radical (unpaired) electrons. The lowest BCUT2D eigenvalue weighted by atomic mass is 10.1. The maximum absolute atomic E-state index is 12.2. The van der Waals surface area contributed by atoms with Crippen LogP contribution in [0.4, 0.5) is 4.79 Å². The van der Waals surface area contributed by atoms with Crippen LogP contribution in [-0.4, -0.2) is 46.6 Å². The molecule has 0 spiro atoms. The summed E-state index contributed by atoms with van der Waals surface area (Å²) in [5, 5.41) is 0.784. The van der Waals surface area contributed by atoms with Crippen molar-refractivity contribution in [3.05, 3.63) is 34.9 Å². The Morgan fingerprint density at radius 3 is 2.60 bits per heavy atom. The fourth-order valence-corrected chi connectivity index (χ4v) is 4.21. The van der Waals surface area contributed by atoms with Gasteiger partial charge in [0.05, 0.1) is 0 Å². The van der Waals surface area contributed by atoms with E-state index in [2.05, 4.69) is 17.3 Å². The summed E-state index contributed by atoms with van der Waals surface area (Å²) in [4.78, 5) is 14.0. The lowest BCUT2D eigenvalue weighted by Gasteiger charge is -2.37. The number of carbonyl (C=O) groups excluding carboxylic acids is 1. The number of ether oxygens (including phenoxy) is 1. The van der Waals surface area contributed by atoms with Gasteiger partial charge in [-0.2, -0.15) is 0 Å². The van der Waals surface area contributed by atoms with Crippen molar-refractivity contribution >= 4 is 29.6 Å². The third-order valence-electron chi connectivity index (χ3n) is 4.12. The normalized spacial score (nSPS) is 16.3. The number of benzene rings is 1. The lowest BCUT2D eigenvalue weighted by Crippen LogP contribution is -2.46. The van der Waals surface area contributed by atoms with Crippen molar-refractivity contribution < 1.29 is 9.53 Å². The fraction of sp³-hybridized carbons (Fsp3) is 0.632. The number of hydrogen-bond acceptors (Lipinski definition) is 4. The van der Waals surface area contributed by atoms with E-state index in [9.17, 15) is 4.79 Å². The van der Waals surface area contributed by atoms with E-state index in [0.29, 0.717) is 6.04 Å². The van der Waals surface area contributed by atoms with Gasteiger partial charge in [0, 0.05) is 36.5 Å². The first kappa shape index (κ1) is 20.4. The van der Waals surface area contributed by atoms with E-state index >= 15 is 0 Å². The van der Waals surface area contributed by atoms with E-state index in [0.717, 1.165) is 43.3 Å². The molecule has 0 aliphatic carbocycles. The molecule has 0 bridgehead atoms. The molecule has 0 saturated carbocycles. The van der Waals surface area contributed by atoms with Gasteiger partial charge in [-0.3, -0.25) is 0 Å². The first-order chi connectivity index (χ1) is 11.8. The number of amides is 1. The zero-order valence-corrected chi connectivity index (χ0v) is 17.2. The summed E-state index contributed by atoms with van der Waals surface area (Å²) in [6.07, 6.45) is 1.77. The third-order valence-corrected chi connectivity index (χ3v) is 5.71. The monoisotopic (exact) mass is 384 g/mol. The van der Waals surface area contributed by atoms with Crippen LogP contribution in [0, 0.1) is 0 Å². The Morgan fingerprint density at radius 2 is 2.04 bits per heavy atom. The summed E-state index contributed by atoms with van der Waals surface area (Å²) < 4.78 is 7.91. The van der Waals surface area contributed by atoms with Crippen LogP contribution in [0.25, 0.3) is 0 Å². The highest BCUT2D eigenvalue weighted by Gasteiger charge is 2.29. The van der Waals surface area contributed by atoms with Crippen LogP contribution in [0.3, 0.4) is 0 Å². The molecule has 6 heteroatoms. The van der Waals surface area contributed by atoms with Gasteiger partial charge in [-0.05, 0) is 51.3 Å². The Labute approximate surface area is 161 Å². The number of likely N-dealkylation sites (tertiary alicyclic amines) is 1. The molecule has 0 aromatic heterocycles. The lowest BCUT2D eigenvalue weighted by molar-refractivity contribution is 0.0181. The molecule has 1 aliphatic rings. The number of piperidine rings is 1. The molecule has 1 aromatic rings. The Bertz CT molecular complexity index is 569. The van der Waals surface area contributed by atoms with Crippen LogP contribution in [-0.2, 0) is 10.5 Å². The number of nitrogens with zero attached hydrogens (tertiary/aromatic N) is 2.